The Morgan fingerprint density at radius 3 is 2.69 bits per heavy atom. The Hall–Kier alpha value is -1.27. The fraction of sp³-hybridized carbons (Fsp3) is 0. The lowest BCUT2D eigenvalue weighted by Gasteiger charge is -2.06. The van der Waals surface area contributed by atoms with Crippen molar-refractivity contribution >= 4 is 27.5 Å². The molecule has 6 heteroatoms. The third kappa shape index (κ3) is 1.73. The number of hydrazine groups is 1. The van der Waals surface area contributed by atoms with Crippen LogP contribution in [0.2, 0.25) is 0 Å². The molecular formula is C7H8BrN3O2. The second-order valence-corrected chi connectivity index (χ2v) is 3.13. The number of nitrogens with two attached hydrogens (primary N) is 2. The first-order valence-electron chi connectivity index (χ1n) is 3.35. The molecule has 5 nitrogen and oxygen atoms in total. The molecule has 0 atom stereocenters. The molecule has 13 heavy (non-hydrogen) atoms. The third-order valence-corrected chi connectivity index (χ3v) is 2.33. The predicted octanol–water partition coefficient (Wildman–Crippen LogP) is 0.340. The van der Waals surface area contributed by atoms with E-state index in [0.717, 1.165) is 0 Å². The van der Waals surface area contributed by atoms with E-state index in [-0.39, 0.29) is 21.5 Å². The largest absolute Gasteiger partial charge is 0.505 e. The number of aromatic hydroxyl groups is 1. The Balaban J connectivity index is 3.26. The zero-order valence-corrected chi connectivity index (χ0v) is 8.13. The summed E-state index contributed by atoms with van der Waals surface area (Å²) in [7, 11) is 0. The molecule has 1 aromatic rings. The lowest BCUT2D eigenvalue weighted by atomic mass is 10.2. The maximum absolute atomic E-state index is 11.1. The maximum Gasteiger partial charge on any atom is 0.266 e. The van der Waals surface area contributed by atoms with Gasteiger partial charge < -0.3 is 10.8 Å². The summed E-state index contributed by atoms with van der Waals surface area (Å²) in [5.74, 6) is 4.26. The SMILES string of the molecule is NNC(=O)c1ccc(N)c(O)c1Br. The van der Waals surface area contributed by atoms with Crippen molar-refractivity contribution < 1.29 is 9.90 Å². The van der Waals surface area contributed by atoms with Gasteiger partial charge >= 0.3 is 0 Å². The minimum atomic E-state index is -0.498. The van der Waals surface area contributed by atoms with Crippen molar-refractivity contribution in [2.24, 2.45) is 5.84 Å². The van der Waals surface area contributed by atoms with Crippen LogP contribution < -0.4 is 17.0 Å². The van der Waals surface area contributed by atoms with Gasteiger partial charge in [-0.1, -0.05) is 0 Å². The van der Waals surface area contributed by atoms with E-state index < -0.39 is 5.91 Å². The third-order valence-electron chi connectivity index (χ3n) is 1.52. The highest BCUT2D eigenvalue weighted by Crippen LogP contribution is 2.32. The zero-order valence-electron chi connectivity index (χ0n) is 6.54. The molecule has 0 saturated heterocycles. The summed E-state index contributed by atoms with van der Waals surface area (Å²) in [5.41, 5.74) is 7.76. The first-order valence-corrected chi connectivity index (χ1v) is 4.15. The van der Waals surface area contributed by atoms with Crippen molar-refractivity contribution in [1.29, 1.82) is 0 Å². The van der Waals surface area contributed by atoms with Crippen LogP contribution in [-0.2, 0) is 0 Å². The number of phenolic OH excluding ortho intramolecular Hbond substituents is 1. The van der Waals surface area contributed by atoms with E-state index in [1.165, 1.54) is 12.1 Å². The van der Waals surface area contributed by atoms with Gasteiger partial charge in [0.1, 0.15) is 0 Å². The van der Waals surface area contributed by atoms with Gasteiger partial charge in [0.25, 0.3) is 5.91 Å². The number of rotatable bonds is 1. The summed E-state index contributed by atoms with van der Waals surface area (Å²) in [5, 5.41) is 9.34. The summed E-state index contributed by atoms with van der Waals surface area (Å²) in [6, 6.07) is 2.88. The Labute approximate surface area is 82.8 Å². The number of phenols is 1. The average molecular weight is 246 g/mol. The summed E-state index contributed by atoms with van der Waals surface area (Å²) >= 11 is 3.03. The van der Waals surface area contributed by atoms with E-state index in [9.17, 15) is 9.90 Å². The van der Waals surface area contributed by atoms with Crippen LogP contribution in [0.4, 0.5) is 5.69 Å². The van der Waals surface area contributed by atoms with Crippen molar-refractivity contribution in [3.05, 3.63) is 22.2 Å². The normalized spacial score (nSPS) is 9.69. The topological polar surface area (TPSA) is 101 Å². The van der Waals surface area contributed by atoms with E-state index in [1.807, 2.05) is 5.43 Å². The van der Waals surface area contributed by atoms with Gasteiger partial charge in [0.05, 0.1) is 15.7 Å². The minimum Gasteiger partial charge on any atom is -0.505 e. The molecule has 0 saturated carbocycles. The number of hydrogen-bond acceptors (Lipinski definition) is 4. The Kier molecular flexibility index (Phi) is 2.74. The second kappa shape index (κ2) is 3.63. The molecule has 1 amide bonds. The van der Waals surface area contributed by atoms with Crippen molar-refractivity contribution in [3.8, 4) is 5.75 Å². The Morgan fingerprint density at radius 1 is 1.54 bits per heavy atom. The number of amides is 1. The van der Waals surface area contributed by atoms with Crippen LogP contribution in [0.15, 0.2) is 16.6 Å². The molecule has 0 aliphatic rings. The van der Waals surface area contributed by atoms with Crippen LogP contribution in [0.1, 0.15) is 10.4 Å². The molecule has 0 aliphatic heterocycles. The Morgan fingerprint density at radius 2 is 2.15 bits per heavy atom. The fourth-order valence-corrected chi connectivity index (χ4v) is 1.37. The Bertz CT molecular complexity index is 354. The molecule has 0 fully saturated rings. The molecular weight excluding hydrogens is 238 g/mol. The van der Waals surface area contributed by atoms with Crippen molar-refractivity contribution in [3.63, 3.8) is 0 Å². The molecule has 0 aromatic heterocycles. The van der Waals surface area contributed by atoms with Gasteiger partial charge in [0, 0.05) is 0 Å². The zero-order chi connectivity index (χ0) is 10.0. The predicted molar refractivity (Wildman–Crippen MR) is 51.9 cm³/mol. The van der Waals surface area contributed by atoms with Crippen LogP contribution in [0.25, 0.3) is 0 Å². The molecule has 6 N–H and O–H groups in total. The molecule has 0 spiro atoms. The second-order valence-electron chi connectivity index (χ2n) is 2.34. The monoisotopic (exact) mass is 245 g/mol. The van der Waals surface area contributed by atoms with Crippen LogP contribution >= 0.6 is 15.9 Å². The summed E-state index contributed by atoms with van der Waals surface area (Å²) in [6.45, 7) is 0. The van der Waals surface area contributed by atoms with Crippen molar-refractivity contribution in [1.82, 2.24) is 5.43 Å². The van der Waals surface area contributed by atoms with E-state index in [0.29, 0.717) is 0 Å². The number of benzene rings is 1. The average Bonchev–Trinajstić information content (AvgIpc) is 2.13. The first-order chi connectivity index (χ1) is 6.07. The molecule has 1 rings (SSSR count). The van der Waals surface area contributed by atoms with E-state index in [4.69, 9.17) is 11.6 Å². The summed E-state index contributed by atoms with van der Waals surface area (Å²) in [4.78, 5) is 11.1. The molecule has 70 valence electrons. The molecule has 0 aliphatic carbocycles. The maximum atomic E-state index is 11.1. The van der Waals surface area contributed by atoms with Gasteiger partial charge in [0.15, 0.2) is 5.75 Å². The number of carbonyl (C=O) groups excluding carboxylic acids is 1. The standard InChI is InChI=1S/C7H8BrN3O2/c8-5-3(7(13)11-10)1-2-4(9)6(5)12/h1-2,12H,9-10H2,(H,11,13). The number of nitrogens with one attached hydrogen (secondary N) is 1. The minimum absolute atomic E-state index is 0.166. The van der Waals surface area contributed by atoms with Gasteiger partial charge in [0.2, 0.25) is 0 Å². The van der Waals surface area contributed by atoms with Crippen LogP contribution in [0.3, 0.4) is 0 Å². The van der Waals surface area contributed by atoms with Crippen molar-refractivity contribution in [2.75, 3.05) is 5.73 Å². The summed E-state index contributed by atoms with van der Waals surface area (Å²) < 4.78 is 0.232. The number of hydrogen-bond donors (Lipinski definition) is 4. The highest BCUT2D eigenvalue weighted by molar-refractivity contribution is 9.10. The van der Waals surface area contributed by atoms with Crippen molar-refractivity contribution in [2.45, 2.75) is 0 Å². The lowest BCUT2D eigenvalue weighted by molar-refractivity contribution is 0.0952. The van der Waals surface area contributed by atoms with Crippen LogP contribution in [0, 0.1) is 0 Å². The molecule has 1 aromatic carbocycles. The fourth-order valence-electron chi connectivity index (χ4n) is 0.833. The number of carbonyl (C=O) groups is 1. The molecule has 0 unspecified atom stereocenters. The van der Waals surface area contributed by atoms with E-state index in [1.54, 1.807) is 0 Å². The highest BCUT2D eigenvalue weighted by Gasteiger charge is 2.13. The first kappa shape index (κ1) is 9.82. The number of halogens is 1. The van der Waals surface area contributed by atoms with Gasteiger partial charge in [-0.05, 0) is 28.1 Å². The summed E-state index contributed by atoms with van der Waals surface area (Å²) in [6.07, 6.45) is 0. The van der Waals surface area contributed by atoms with Gasteiger partial charge in [-0.15, -0.1) is 0 Å². The van der Waals surface area contributed by atoms with Crippen LogP contribution in [0.5, 0.6) is 5.75 Å². The number of nitrogen functional groups attached to an aromatic ring is 2. The quantitative estimate of drug-likeness (QED) is 0.189. The van der Waals surface area contributed by atoms with E-state index in [2.05, 4.69) is 15.9 Å². The molecule has 0 bridgehead atoms. The van der Waals surface area contributed by atoms with Crippen LogP contribution in [-0.4, -0.2) is 11.0 Å². The molecule has 0 radical (unpaired) electrons. The molecule has 0 heterocycles. The van der Waals surface area contributed by atoms with Gasteiger partial charge in [-0.3, -0.25) is 10.2 Å². The van der Waals surface area contributed by atoms with Gasteiger partial charge in [-0.25, -0.2) is 5.84 Å². The van der Waals surface area contributed by atoms with E-state index >= 15 is 0 Å². The highest BCUT2D eigenvalue weighted by atomic mass is 79.9. The lowest BCUT2D eigenvalue weighted by Crippen LogP contribution is -2.30. The number of anilines is 1. The van der Waals surface area contributed by atoms with Gasteiger partial charge in [-0.2, -0.15) is 0 Å². The smallest absolute Gasteiger partial charge is 0.266 e.